The molecule has 0 aliphatic rings. The summed E-state index contributed by atoms with van der Waals surface area (Å²) in [6.07, 6.45) is 1.90. The Morgan fingerprint density at radius 2 is 0.983 bits per heavy atom. The third-order valence-corrected chi connectivity index (χ3v) is 11.6. The first-order valence-electron chi connectivity index (χ1n) is 20.3. The molecule has 1 N–H and O–H groups in total. The zero-order valence-electron chi connectivity index (χ0n) is 33.4. The van der Waals surface area contributed by atoms with Crippen molar-refractivity contribution in [2.45, 2.75) is 13.8 Å². The Kier molecular flexibility index (Phi) is 9.43. The minimum Gasteiger partial charge on any atom is -0.507 e. The van der Waals surface area contributed by atoms with E-state index in [-0.39, 0.29) is 5.75 Å². The van der Waals surface area contributed by atoms with Crippen molar-refractivity contribution in [3.63, 3.8) is 0 Å². The molecule has 0 radical (unpaired) electrons. The number of rotatable bonds is 8. The quantitative estimate of drug-likeness (QED) is 0.167. The van der Waals surface area contributed by atoms with Crippen molar-refractivity contribution < 1.29 is 5.11 Å². The summed E-state index contributed by atoms with van der Waals surface area (Å²) in [4.78, 5) is 10.4. The maximum atomic E-state index is 11.3. The summed E-state index contributed by atoms with van der Waals surface area (Å²) in [5.74, 6) is 0.849. The van der Waals surface area contributed by atoms with Gasteiger partial charge in [0.2, 0.25) is 0 Å². The number of phenols is 1. The van der Waals surface area contributed by atoms with Crippen molar-refractivity contribution in [2.24, 2.45) is 0 Å². The Hall–Kier alpha value is -7.82. The van der Waals surface area contributed by atoms with Gasteiger partial charge in [-0.2, -0.15) is 0 Å². The molecule has 0 saturated carbocycles. The molecule has 10 rings (SSSR count). The SMILES string of the molecule is Cc1cc(-n2c(-c3ccccc3O)nc3c(-c4cc(-c5ccccc5)cc(-c5cc(-c6ccc(-c7ccccc7)cc6)ccn5)c4)cccc32)cc(-c2ccccc2)c1C. The molecule has 4 nitrogen and oxygen atoms in total. The van der Waals surface area contributed by atoms with Gasteiger partial charge in [-0.05, 0) is 136 Å². The summed E-state index contributed by atoms with van der Waals surface area (Å²) < 4.78 is 2.20. The third-order valence-electron chi connectivity index (χ3n) is 11.6. The fourth-order valence-corrected chi connectivity index (χ4v) is 8.31. The number of benzene rings is 8. The number of pyridine rings is 1. The minimum atomic E-state index is 0.178. The topological polar surface area (TPSA) is 50.9 Å². The molecule has 2 heterocycles. The number of hydrogen-bond donors (Lipinski definition) is 1. The fraction of sp³-hybridized carbons (Fsp3) is 0.0357. The maximum Gasteiger partial charge on any atom is 0.149 e. The molecule has 2 aromatic heterocycles. The second kappa shape index (κ2) is 15.5. The van der Waals surface area contributed by atoms with Gasteiger partial charge in [-0.3, -0.25) is 9.55 Å². The number of fused-ring (bicyclic) bond motifs is 1. The van der Waals surface area contributed by atoms with Crippen LogP contribution in [0.15, 0.2) is 206 Å². The van der Waals surface area contributed by atoms with Crippen molar-refractivity contribution >= 4 is 11.0 Å². The van der Waals surface area contributed by atoms with Gasteiger partial charge in [0.25, 0.3) is 0 Å². The van der Waals surface area contributed by atoms with Gasteiger partial charge in [0, 0.05) is 23.0 Å². The van der Waals surface area contributed by atoms with E-state index in [9.17, 15) is 5.11 Å². The van der Waals surface area contributed by atoms with Gasteiger partial charge < -0.3 is 5.11 Å². The molecule has 0 spiro atoms. The predicted octanol–water partition coefficient (Wildman–Crippen LogP) is 14.4. The second-order valence-electron chi connectivity index (χ2n) is 15.3. The summed E-state index contributed by atoms with van der Waals surface area (Å²) >= 11 is 0. The highest BCUT2D eigenvalue weighted by atomic mass is 16.3. The van der Waals surface area contributed by atoms with Crippen LogP contribution in [0.1, 0.15) is 11.1 Å². The molecule has 60 heavy (non-hydrogen) atoms. The predicted molar refractivity (Wildman–Crippen MR) is 248 cm³/mol. The Morgan fingerprint density at radius 1 is 0.417 bits per heavy atom. The Morgan fingerprint density at radius 3 is 1.68 bits per heavy atom. The van der Waals surface area contributed by atoms with E-state index in [1.807, 2.05) is 42.6 Å². The Bertz CT molecular complexity index is 3150. The van der Waals surface area contributed by atoms with E-state index < -0.39 is 0 Å². The van der Waals surface area contributed by atoms with Gasteiger partial charge in [0.15, 0.2) is 0 Å². The monoisotopic (exact) mass is 771 g/mol. The summed E-state index contributed by atoms with van der Waals surface area (Å²) in [6.45, 7) is 4.34. The highest BCUT2D eigenvalue weighted by Crippen LogP contribution is 2.41. The number of imidazole rings is 1. The highest BCUT2D eigenvalue weighted by molar-refractivity contribution is 5.98. The van der Waals surface area contributed by atoms with Crippen LogP contribution >= 0.6 is 0 Å². The zero-order chi connectivity index (χ0) is 40.6. The second-order valence-corrected chi connectivity index (χ2v) is 15.3. The van der Waals surface area contributed by atoms with Crippen LogP contribution in [0.25, 0.3) is 95.0 Å². The molecule has 0 aliphatic carbocycles. The smallest absolute Gasteiger partial charge is 0.149 e. The van der Waals surface area contributed by atoms with Crippen LogP contribution < -0.4 is 0 Å². The maximum absolute atomic E-state index is 11.3. The average Bonchev–Trinajstić information content (AvgIpc) is 3.70. The lowest BCUT2D eigenvalue weighted by molar-refractivity contribution is 0.477. The number of nitrogens with zero attached hydrogens (tertiary/aromatic N) is 3. The molecule has 10 aromatic rings. The van der Waals surface area contributed by atoms with Crippen LogP contribution in [0.5, 0.6) is 5.75 Å². The number of phenolic OH excluding ortho intramolecular Hbond substituents is 1. The van der Waals surface area contributed by atoms with E-state index in [0.717, 1.165) is 72.5 Å². The van der Waals surface area contributed by atoms with E-state index in [1.54, 1.807) is 6.07 Å². The number of aromatic nitrogens is 3. The molecule has 286 valence electrons. The van der Waals surface area contributed by atoms with E-state index in [2.05, 4.69) is 176 Å². The Balaban J connectivity index is 1.15. The number of hydrogen-bond acceptors (Lipinski definition) is 3. The molecule has 0 amide bonds. The van der Waals surface area contributed by atoms with Crippen molar-refractivity contribution in [2.75, 3.05) is 0 Å². The van der Waals surface area contributed by atoms with Gasteiger partial charge in [0.05, 0.1) is 22.3 Å². The molecule has 0 unspecified atom stereocenters. The molecule has 4 heteroatoms. The van der Waals surface area contributed by atoms with Crippen LogP contribution in [0.4, 0.5) is 0 Å². The van der Waals surface area contributed by atoms with Gasteiger partial charge in [0.1, 0.15) is 11.6 Å². The lowest BCUT2D eigenvalue weighted by Crippen LogP contribution is -2.00. The van der Waals surface area contributed by atoms with E-state index in [0.29, 0.717) is 11.4 Å². The largest absolute Gasteiger partial charge is 0.507 e. The van der Waals surface area contributed by atoms with Crippen LogP contribution in [0.3, 0.4) is 0 Å². The summed E-state index contributed by atoms with van der Waals surface area (Å²) in [7, 11) is 0. The first-order chi connectivity index (χ1) is 29.5. The average molecular weight is 772 g/mol. The Labute approximate surface area is 350 Å². The molecular weight excluding hydrogens is 731 g/mol. The van der Waals surface area contributed by atoms with Crippen LogP contribution in [0, 0.1) is 13.8 Å². The molecule has 0 atom stereocenters. The van der Waals surface area contributed by atoms with Crippen molar-refractivity contribution in [1.29, 1.82) is 0 Å². The number of aryl methyl sites for hydroxylation is 1. The van der Waals surface area contributed by atoms with Gasteiger partial charge in [-0.25, -0.2) is 4.98 Å². The van der Waals surface area contributed by atoms with Gasteiger partial charge in [-0.15, -0.1) is 0 Å². The van der Waals surface area contributed by atoms with Gasteiger partial charge in [-0.1, -0.05) is 140 Å². The number of aromatic hydroxyl groups is 1. The van der Waals surface area contributed by atoms with Crippen LogP contribution in [0.2, 0.25) is 0 Å². The van der Waals surface area contributed by atoms with Crippen LogP contribution in [-0.2, 0) is 0 Å². The molecule has 8 aromatic carbocycles. The molecule has 0 fully saturated rings. The summed E-state index contributed by atoms with van der Waals surface area (Å²) in [5, 5.41) is 11.3. The molecule has 0 saturated heterocycles. The van der Waals surface area contributed by atoms with Crippen molar-refractivity contribution in [3.8, 4) is 89.7 Å². The first-order valence-corrected chi connectivity index (χ1v) is 20.3. The fourth-order valence-electron chi connectivity index (χ4n) is 8.31. The van der Waals surface area contributed by atoms with E-state index >= 15 is 0 Å². The molecule has 0 bridgehead atoms. The summed E-state index contributed by atoms with van der Waals surface area (Å²) in [6, 6.07) is 69.5. The number of para-hydroxylation sites is 2. The highest BCUT2D eigenvalue weighted by Gasteiger charge is 2.22. The standard InChI is InChI=1S/C56H41N3O/c1-37-31-48(36-51(38(37)2)43-19-10-5-11-20-43)59-53-23-14-22-49(55(53)58-56(59)50-21-12-13-24-54(50)60)46-32-45(40-17-8-4-9-18-40)33-47(34-46)52-35-44(29-30-57-52)42-27-25-41(26-28-42)39-15-6-3-7-16-39/h3-36,60H,1-2H3. The van der Waals surface area contributed by atoms with Crippen molar-refractivity contribution in [1.82, 2.24) is 14.5 Å². The molecular formula is C56H41N3O. The lowest BCUT2D eigenvalue weighted by Gasteiger charge is -2.16. The normalized spacial score (nSPS) is 11.2. The zero-order valence-corrected chi connectivity index (χ0v) is 33.4. The van der Waals surface area contributed by atoms with E-state index in [1.165, 1.54) is 22.3 Å². The van der Waals surface area contributed by atoms with E-state index in [4.69, 9.17) is 9.97 Å². The summed E-state index contributed by atoms with van der Waals surface area (Å²) in [5.41, 5.74) is 18.9. The van der Waals surface area contributed by atoms with Crippen LogP contribution in [-0.4, -0.2) is 19.6 Å². The third kappa shape index (κ3) is 6.84. The first kappa shape index (κ1) is 36.5. The van der Waals surface area contributed by atoms with Gasteiger partial charge >= 0.3 is 0 Å². The molecule has 0 aliphatic heterocycles. The minimum absolute atomic E-state index is 0.178. The lowest BCUT2D eigenvalue weighted by atomic mass is 9.93. The van der Waals surface area contributed by atoms with Crippen molar-refractivity contribution in [3.05, 3.63) is 218 Å².